The first-order valence-electron chi connectivity index (χ1n) is 7.37. The minimum Gasteiger partial charge on any atom is -0.380 e. The lowest BCUT2D eigenvalue weighted by Crippen LogP contribution is -2.13. The summed E-state index contributed by atoms with van der Waals surface area (Å²) in [7, 11) is 1.62. The molecule has 132 valence electrons. The quantitative estimate of drug-likeness (QED) is 0.695. The van der Waals surface area contributed by atoms with Gasteiger partial charge in [0.1, 0.15) is 5.03 Å². The Morgan fingerprint density at radius 1 is 1.08 bits per heavy atom. The van der Waals surface area contributed by atoms with Crippen LogP contribution in [-0.4, -0.2) is 26.9 Å². The monoisotopic (exact) mass is 368 g/mol. The molecule has 0 radical (unpaired) electrons. The summed E-state index contributed by atoms with van der Waals surface area (Å²) in [4.78, 5) is 0.871. The molecule has 2 heterocycles. The lowest BCUT2D eigenvalue weighted by Gasteiger charge is -2.10. The highest BCUT2D eigenvalue weighted by atomic mass is 32.2. The fourth-order valence-corrected chi connectivity index (χ4v) is 3.23. The fourth-order valence-electron chi connectivity index (χ4n) is 2.31. The Kier molecular flexibility index (Phi) is 4.70. The van der Waals surface area contributed by atoms with Crippen LogP contribution < -0.4 is 0 Å². The predicted octanol–water partition coefficient (Wildman–Crippen LogP) is 4.06. The molecule has 0 bridgehead atoms. The van der Waals surface area contributed by atoms with E-state index in [1.165, 1.54) is 11.8 Å². The zero-order valence-electron chi connectivity index (χ0n) is 13.8. The predicted molar refractivity (Wildman–Crippen MR) is 86.5 cm³/mol. The van der Waals surface area contributed by atoms with Crippen molar-refractivity contribution in [2.24, 2.45) is 0 Å². The Hall–Kier alpha value is -2.13. The second-order valence-electron chi connectivity index (χ2n) is 5.49. The largest absolute Gasteiger partial charge is 0.453 e. The summed E-state index contributed by atoms with van der Waals surface area (Å²) in [6, 6.07) is 7.59. The third-order valence-corrected chi connectivity index (χ3v) is 4.84. The minimum absolute atomic E-state index is 0.115. The van der Waals surface area contributed by atoms with E-state index in [1.807, 2.05) is 31.2 Å². The summed E-state index contributed by atoms with van der Waals surface area (Å²) in [6.45, 7) is 4.03. The molecule has 3 rings (SSSR count). The standard InChI is InChI=1S/C16H15F3N4OS/c1-9-10(2)14(25-12-6-4-11(5-7-12)8-24-3)22-23-13(9)20-21-15(23)16(17,18)19/h4-7H,8H2,1-3H3. The number of nitrogens with zero attached hydrogens (tertiary/aromatic N) is 4. The maximum atomic E-state index is 13.1. The van der Waals surface area contributed by atoms with E-state index in [4.69, 9.17) is 4.74 Å². The molecule has 0 saturated carbocycles. The van der Waals surface area contributed by atoms with Crippen molar-refractivity contribution in [3.8, 4) is 0 Å². The van der Waals surface area contributed by atoms with Crippen molar-refractivity contribution < 1.29 is 17.9 Å². The maximum absolute atomic E-state index is 13.1. The van der Waals surface area contributed by atoms with E-state index >= 15 is 0 Å². The molecule has 9 heteroatoms. The zero-order chi connectivity index (χ0) is 18.2. The Labute approximate surface area is 146 Å². The topological polar surface area (TPSA) is 52.3 Å². The van der Waals surface area contributed by atoms with E-state index < -0.39 is 12.0 Å². The van der Waals surface area contributed by atoms with Gasteiger partial charge in [0.25, 0.3) is 5.82 Å². The van der Waals surface area contributed by atoms with Crippen LogP contribution in [0.15, 0.2) is 34.2 Å². The van der Waals surface area contributed by atoms with Crippen molar-refractivity contribution in [2.75, 3.05) is 7.11 Å². The molecule has 0 aliphatic rings. The molecule has 0 saturated heterocycles. The molecule has 0 atom stereocenters. The lowest BCUT2D eigenvalue weighted by molar-refractivity contribution is -0.146. The van der Waals surface area contributed by atoms with Crippen molar-refractivity contribution in [1.82, 2.24) is 19.8 Å². The van der Waals surface area contributed by atoms with Crippen LogP contribution in [0, 0.1) is 13.8 Å². The van der Waals surface area contributed by atoms with Gasteiger partial charge in [0.05, 0.1) is 6.61 Å². The van der Waals surface area contributed by atoms with Gasteiger partial charge in [-0.15, -0.1) is 10.2 Å². The number of hydrogen-bond acceptors (Lipinski definition) is 5. The van der Waals surface area contributed by atoms with Gasteiger partial charge in [0, 0.05) is 17.6 Å². The van der Waals surface area contributed by atoms with Crippen molar-refractivity contribution in [1.29, 1.82) is 0 Å². The number of rotatable bonds is 4. The number of alkyl halides is 3. The third-order valence-electron chi connectivity index (χ3n) is 3.75. The molecule has 0 amide bonds. The molecule has 5 nitrogen and oxygen atoms in total. The number of ether oxygens (including phenoxy) is 1. The highest BCUT2D eigenvalue weighted by Crippen LogP contribution is 2.33. The maximum Gasteiger partial charge on any atom is 0.453 e. The Morgan fingerprint density at radius 3 is 2.36 bits per heavy atom. The number of aryl methyl sites for hydroxylation is 1. The third kappa shape index (κ3) is 3.47. The zero-order valence-corrected chi connectivity index (χ0v) is 14.6. The number of halogens is 3. The average molecular weight is 368 g/mol. The first-order chi connectivity index (χ1) is 11.8. The Bertz CT molecular complexity index is 906. The second-order valence-corrected chi connectivity index (χ2v) is 6.55. The molecule has 0 spiro atoms. The van der Waals surface area contributed by atoms with Crippen molar-refractivity contribution >= 4 is 17.4 Å². The first kappa shape index (κ1) is 17.7. The van der Waals surface area contributed by atoms with Gasteiger partial charge in [-0.05, 0) is 37.1 Å². The molecule has 2 aromatic heterocycles. The normalized spacial score (nSPS) is 12.1. The number of aromatic nitrogens is 4. The second kappa shape index (κ2) is 6.64. The molecule has 3 aromatic rings. The molecule has 0 unspecified atom stereocenters. The van der Waals surface area contributed by atoms with Gasteiger partial charge in [-0.25, -0.2) is 0 Å². The van der Waals surface area contributed by atoms with Gasteiger partial charge in [-0.1, -0.05) is 23.9 Å². The summed E-state index contributed by atoms with van der Waals surface area (Å²) < 4.78 is 45.1. The highest BCUT2D eigenvalue weighted by Gasteiger charge is 2.38. The van der Waals surface area contributed by atoms with Gasteiger partial charge in [0.2, 0.25) is 0 Å². The molecule has 0 fully saturated rings. The van der Waals surface area contributed by atoms with E-state index in [9.17, 15) is 13.2 Å². The van der Waals surface area contributed by atoms with E-state index in [2.05, 4.69) is 15.3 Å². The summed E-state index contributed by atoms with van der Waals surface area (Å²) in [5.41, 5.74) is 2.53. The van der Waals surface area contributed by atoms with Crippen molar-refractivity contribution in [3.63, 3.8) is 0 Å². The van der Waals surface area contributed by atoms with Crippen LogP contribution in [0.2, 0.25) is 0 Å². The van der Waals surface area contributed by atoms with Crippen molar-refractivity contribution in [2.45, 2.75) is 36.6 Å². The van der Waals surface area contributed by atoms with E-state index in [0.29, 0.717) is 17.2 Å². The Morgan fingerprint density at radius 2 is 1.76 bits per heavy atom. The SMILES string of the molecule is COCc1ccc(Sc2nn3c(C(F)(F)F)nnc3c(C)c2C)cc1. The van der Waals surface area contributed by atoms with Gasteiger partial charge >= 0.3 is 6.18 Å². The number of fused-ring (bicyclic) bond motifs is 1. The highest BCUT2D eigenvalue weighted by molar-refractivity contribution is 7.99. The van der Waals surface area contributed by atoms with Gasteiger partial charge < -0.3 is 4.74 Å². The van der Waals surface area contributed by atoms with Crippen LogP contribution in [0.5, 0.6) is 0 Å². The summed E-state index contributed by atoms with van der Waals surface area (Å²) >= 11 is 1.30. The van der Waals surface area contributed by atoms with Crippen LogP contribution in [0.4, 0.5) is 13.2 Å². The van der Waals surface area contributed by atoms with E-state index in [-0.39, 0.29) is 5.65 Å². The molecule has 0 aliphatic carbocycles. The van der Waals surface area contributed by atoms with Crippen LogP contribution in [0.3, 0.4) is 0 Å². The van der Waals surface area contributed by atoms with Crippen LogP contribution in [0.1, 0.15) is 22.5 Å². The first-order valence-corrected chi connectivity index (χ1v) is 8.18. The molecular formula is C16H15F3N4OS. The fraction of sp³-hybridized carbons (Fsp3) is 0.312. The molecule has 25 heavy (non-hydrogen) atoms. The summed E-state index contributed by atoms with van der Waals surface area (Å²) in [5.74, 6) is -1.12. The molecular weight excluding hydrogens is 353 g/mol. The lowest BCUT2D eigenvalue weighted by atomic mass is 10.2. The molecule has 0 aliphatic heterocycles. The van der Waals surface area contributed by atoms with Gasteiger partial charge in [-0.2, -0.15) is 22.8 Å². The minimum atomic E-state index is -4.61. The number of methoxy groups -OCH3 is 1. The summed E-state index contributed by atoms with van der Waals surface area (Å²) in [6.07, 6.45) is -4.61. The van der Waals surface area contributed by atoms with Gasteiger partial charge in [0.15, 0.2) is 5.65 Å². The number of hydrogen-bond donors (Lipinski definition) is 0. The Balaban J connectivity index is 2.02. The number of benzene rings is 1. The van der Waals surface area contributed by atoms with Crippen molar-refractivity contribution in [3.05, 3.63) is 46.8 Å². The van der Waals surface area contributed by atoms with E-state index in [1.54, 1.807) is 14.0 Å². The van der Waals surface area contributed by atoms with Crippen LogP contribution in [0.25, 0.3) is 5.65 Å². The van der Waals surface area contributed by atoms with Gasteiger partial charge in [-0.3, -0.25) is 0 Å². The van der Waals surface area contributed by atoms with Crippen LogP contribution >= 0.6 is 11.8 Å². The molecule has 0 N–H and O–H groups in total. The average Bonchev–Trinajstić information content (AvgIpc) is 2.98. The smallest absolute Gasteiger partial charge is 0.380 e. The van der Waals surface area contributed by atoms with E-state index in [0.717, 1.165) is 20.5 Å². The van der Waals surface area contributed by atoms with Crippen LogP contribution in [-0.2, 0) is 17.5 Å². The molecule has 1 aromatic carbocycles. The summed E-state index contributed by atoms with van der Waals surface area (Å²) in [5, 5.41) is 11.5.